The lowest BCUT2D eigenvalue weighted by Crippen LogP contribution is -2.41. The standard InChI is InChI=1S/C18H20N8O/c1-13-4-2-6-15(21-13)22-18(27)14-5-3-9-25(10-14)16-7-8-17(24-23-16)26-12-19-11-20-26/h2,4,6-8,11-12,14H,3,5,9-10H2,1H3,(H,21,22,27). The first-order chi connectivity index (χ1) is 13.2. The van der Waals surface area contributed by atoms with E-state index in [2.05, 4.69) is 35.5 Å². The van der Waals surface area contributed by atoms with Crippen LogP contribution in [-0.2, 0) is 4.79 Å². The lowest BCUT2D eigenvalue weighted by atomic mass is 9.97. The van der Waals surface area contributed by atoms with Crippen LogP contribution in [0.4, 0.5) is 11.6 Å². The summed E-state index contributed by atoms with van der Waals surface area (Å²) in [7, 11) is 0. The van der Waals surface area contributed by atoms with Gasteiger partial charge >= 0.3 is 0 Å². The maximum atomic E-state index is 12.6. The lowest BCUT2D eigenvalue weighted by Gasteiger charge is -2.32. The Morgan fingerprint density at radius 2 is 2.04 bits per heavy atom. The van der Waals surface area contributed by atoms with Gasteiger partial charge in [-0.2, -0.15) is 5.10 Å². The first-order valence-electron chi connectivity index (χ1n) is 8.87. The predicted molar refractivity (Wildman–Crippen MR) is 99.5 cm³/mol. The molecule has 3 aromatic heterocycles. The van der Waals surface area contributed by atoms with Crippen molar-refractivity contribution in [3.05, 3.63) is 48.7 Å². The minimum Gasteiger partial charge on any atom is -0.354 e. The fourth-order valence-electron chi connectivity index (χ4n) is 3.18. The zero-order valence-corrected chi connectivity index (χ0v) is 15.0. The fourth-order valence-corrected chi connectivity index (χ4v) is 3.18. The number of pyridine rings is 1. The van der Waals surface area contributed by atoms with Crippen molar-refractivity contribution in [3.63, 3.8) is 0 Å². The van der Waals surface area contributed by atoms with Crippen molar-refractivity contribution in [1.29, 1.82) is 0 Å². The minimum absolute atomic E-state index is 0.00926. The molecule has 0 aliphatic carbocycles. The molecule has 1 saturated heterocycles. The molecule has 138 valence electrons. The summed E-state index contributed by atoms with van der Waals surface area (Å²) in [5.74, 6) is 1.83. The zero-order valence-electron chi connectivity index (χ0n) is 15.0. The summed E-state index contributed by atoms with van der Waals surface area (Å²) in [4.78, 5) is 23.0. The summed E-state index contributed by atoms with van der Waals surface area (Å²) in [6.45, 7) is 3.36. The first-order valence-corrected chi connectivity index (χ1v) is 8.87. The van der Waals surface area contributed by atoms with Gasteiger partial charge in [-0.15, -0.1) is 10.2 Å². The number of anilines is 2. The average Bonchev–Trinajstić information content (AvgIpc) is 3.23. The highest BCUT2D eigenvalue weighted by Gasteiger charge is 2.27. The summed E-state index contributed by atoms with van der Waals surface area (Å²) in [6.07, 6.45) is 4.79. The van der Waals surface area contributed by atoms with Gasteiger partial charge in [-0.1, -0.05) is 6.07 Å². The van der Waals surface area contributed by atoms with E-state index in [0.29, 0.717) is 18.2 Å². The van der Waals surface area contributed by atoms with Crippen LogP contribution >= 0.6 is 0 Å². The van der Waals surface area contributed by atoms with Gasteiger partial charge in [-0.25, -0.2) is 14.6 Å². The first kappa shape index (κ1) is 17.1. The van der Waals surface area contributed by atoms with Crippen molar-refractivity contribution >= 4 is 17.5 Å². The van der Waals surface area contributed by atoms with Gasteiger partial charge in [0.1, 0.15) is 18.5 Å². The molecule has 1 fully saturated rings. The van der Waals surface area contributed by atoms with Gasteiger partial charge in [0.15, 0.2) is 11.6 Å². The van der Waals surface area contributed by atoms with Crippen LogP contribution in [0.25, 0.3) is 5.82 Å². The zero-order chi connectivity index (χ0) is 18.6. The van der Waals surface area contributed by atoms with E-state index < -0.39 is 0 Å². The number of amides is 1. The van der Waals surface area contributed by atoms with E-state index >= 15 is 0 Å². The number of aryl methyl sites for hydroxylation is 1. The third kappa shape index (κ3) is 3.91. The number of hydrogen-bond acceptors (Lipinski definition) is 7. The summed E-state index contributed by atoms with van der Waals surface area (Å²) >= 11 is 0. The molecule has 27 heavy (non-hydrogen) atoms. The second-order valence-corrected chi connectivity index (χ2v) is 6.53. The molecule has 0 spiro atoms. The van der Waals surface area contributed by atoms with E-state index in [-0.39, 0.29) is 11.8 Å². The topological polar surface area (TPSA) is 102 Å². The Bertz CT molecular complexity index is 909. The maximum absolute atomic E-state index is 12.6. The van der Waals surface area contributed by atoms with E-state index in [0.717, 1.165) is 30.9 Å². The lowest BCUT2D eigenvalue weighted by molar-refractivity contribution is -0.120. The number of carbonyl (C=O) groups is 1. The monoisotopic (exact) mass is 364 g/mol. The van der Waals surface area contributed by atoms with Crippen LogP contribution in [0.3, 0.4) is 0 Å². The van der Waals surface area contributed by atoms with E-state index in [1.165, 1.54) is 6.33 Å². The van der Waals surface area contributed by atoms with E-state index in [9.17, 15) is 4.79 Å². The van der Waals surface area contributed by atoms with Crippen molar-refractivity contribution in [2.45, 2.75) is 19.8 Å². The molecule has 0 bridgehead atoms. The Hall–Kier alpha value is -3.36. The molecule has 3 aromatic rings. The number of aromatic nitrogens is 6. The van der Waals surface area contributed by atoms with Crippen molar-refractivity contribution in [2.75, 3.05) is 23.3 Å². The Morgan fingerprint density at radius 3 is 2.78 bits per heavy atom. The molecule has 9 nitrogen and oxygen atoms in total. The number of nitrogens with zero attached hydrogens (tertiary/aromatic N) is 7. The number of hydrogen-bond donors (Lipinski definition) is 1. The highest BCUT2D eigenvalue weighted by Crippen LogP contribution is 2.22. The van der Waals surface area contributed by atoms with Crippen LogP contribution < -0.4 is 10.2 Å². The second kappa shape index (κ2) is 7.48. The molecule has 1 N–H and O–H groups in total. The Morgan fingerprint density at radius 1 is 1.19 bits per heavy atom. The molecule has 0 aromatic carbocycles. The van der Waals surface area contributed by atoms with Gasteiger partial charge in [-0.3, -0.25) is 4.79 Å². The maximum Gasteiger partial charge on any atom is 0.230 e. The largest absolute Gasteiger partial charge is 0.354 e. The summed E-state index contributed by atoms with van der Waals surface area (Å²) in [5.41, 5.74) is 0.876. The molecule has 1 amide bonds. The summed E-state index contributed by atoms with van der Waals surface area (Å²) in [6, 6.07) is 9.33. The average molecular weight is 364 g/mol. The fraction of sp³-hybridized carbons (Fsp3) is 0.333. The van der Waals surface area contributed by atoms with Crippen LogP contribution in [0.2, 0.25) is 0 Å². The van der Waals surface area contributed by atoms with Crippen LogP contribution in [0.1, 0.15) is 18.5 Å². The Kier molecular flexibility index (Phi) is 4.73. The van der Waals surface area contributed by atoms with Gasteiger partial charge in [0, 0.05) is 18.8 Å². The van der Waals surface area contributed by atoms with Crippen molar-refractivity contribution < 1.29 is 4.79 Å². The molecule has 1 aliphatic heterocycles. The van der Waals surface area contributed by atoms with E-state index in [4.69, 9.17) is 0 Å². The smallest absolute Gasteiger partial charge is 0.230 e. The molecule has 1 unspecified atom stereocenters. The SMILES string of the molecule is Cc1cccc(NC(=O)C2CCCN(c3ccc(-n4cncn4)nn3)C2)n1. The molecule has 9 heteroatoms. The Balaban J connectivity index is 1.42. The van der Waals surface area contributed by atoms with Gasteiger partial charge in [0.25, 0.3) is 0 Å². The third-order valence-electron chi connectivity index (χ3n) is 4.55. The minimum atomic E-state index is -0.113. The molecular weight excluding hydrogens is 344 g/mol. The van der Waals surface area contributed by atoms with Gasteiger partial charge in [-0.05, 0) is 44.0 Å². The molecule has 4 heterocycles. The van der Waals surface area contributed by atoms with Crippen LogP contribution in [0.15, 0.2) is 43.0 Å². The van der Waals surface area contributed by atoms with E-state index in [1.807, 2.05) is 31.2 Å². The van der Waals surface area contributed by atoms with Gasteiger partial charge < -0.3 is 10.2 Å². The number of carbonyl (C=O) groups excluding carboxylic acids is 1. The van der Waals surface area contributed by atoms with Gasteiger partial charge in [0.2, 0.25) is 5.91 Å². The summed E-state index contributed by atoms with van der Waals surface area (Å²) < 4.78 is 1.55. The van der Waals surface area contributed by atoms with Crippen molar-refractivity contribution in [2.24, 2.45) is 5.92 Å². The molecule has 0 saturated carbocycles. The Labute approximate surface area is 156 Å². The molecule has 1 aliphatic rings. The highest BCUT2D eigenvalue weighted by atomic mass is 16.2. The predicted octanol–water partition coefficient (Wildman–Crippen LogP) is 1.62. The molecule has 0 radical (unpaired) electrons. The second-order valence-electron chi connectivity index (χ2n) is 6.53. The van der Waals surface area contributed by atoms with Crippen LogP contribution in [0, 0.1) is 12.8 Å². The van der Waals surface area contributed by atoms with Gasteiger partial charge in [0.05, 0.1) is 5.92 Å². The number of nitrogens with one attached hydrogen (secondary N) is 1. The molecular formula is C18H20N8O. The number of piperidine rings is 1. The van der Waals surface area contributed by atoms with Crippen LogP contribution in [0.5, 0.6) is 0 Å². The quantitative estimate of drug-likeness (QED) is 0.750. The summed E-state index contributed by atoms with van der Waals surface area (Å²) in [5, 5.41) is 15.5. The van der Waals surface area contributed by atoms with Crippen molar-refractivity contribution in [3.8, 4) is 5.82 Å². The molecule has 4 rings (SSSR count). The number of rotatable bonds is 4. The third-order valence-corrected chi connectivity index (χ3v) is 4.55. The normalized spacial score (nSPS) is 16.9. The van der Waals surface area contributed by atoms with E-state index in [1.54, 1.807) is 17.1 Å². The highest BCUT2D eigenvalue weighted by molar-refractivity contribution is 5.92. The van der Waals surface area contributed by atoms with Crippen LogP contribution in [-0.4, -0.2) is 48.9 Å². The molecule has 1 atom stereocenters. The van der Waals surface area contributed by atoms with Crippen molar-refractivity contribution in [1.82, 2.24) is 29.9 Å².